The van der Waals surface area contributed by atoms with Crippen molar-refractivity contribution in [2.45, 2.75) is 6.42 Å². The summed E-state index contributed by atoms with van der Waals surface area (Å²) in [6, 6.07) is 9.37. The predicted molar refractivity (Wildman–Crippen MR) is 61.9 cm³/mol. The number of hydroxylamine groups is 1. The van der Waals surface area contributed by atoms with Crippen molar-refractivity contribution in [3.63, 3.8) is 0 Å². The third-order valence-electron chi connectivity index (χ3n) is 2.02. The molecule has 1 rings (SSSR count). The highest BCUT2D eigenvalue weighted by atomic mass is 32.2. The summed E-state index contributed by atoms with van der Waals surface area (Å²) in [5.74, 6) is -1.74. The molecule has 1 aromatic rings. The number of hydrogen-bond acceptors (Lipinski definition) is 4. The van der Waals surface area contributed by atoms with Crippen LogP contribution in [0.1, 0.15) is 5.56 Å². The molecule has 17 heavy (non-hydrogen) atoms. The van der Waals surface area contributed by atoms with E-state index in [1.165, 1.54) is 5.48 Å². The van der Waals surface area contributed by atoms with Crippen LogP contribution in [0.25, 0.3) is 0 Å². The molecular weight excluding hydrogens is 244 g/mol. The van der Waals surface area contributed by atoms with E-state index in [2.05, 4.69) is 4.72 Å². The van der Waals surface area contributed by atoms with Crippen LogP contribution in [0.2, 0.25) is 0 Å². The van der Waals surface area contributed by atoms with Crippen LogP contribution in [0, 0.1) is 0 Å². The van der Waals surface area contributed by atoms with E-state index in [-0.39, 0.29) is 6.54 Å². The summed E-state index contributed by atoms with van der Waals surface area (Å²) in [5, 5.41) is 8.21. The van der Waals surface area contributed by atoms with Crippen LogP contribution in [0.5, 0.6) is 0 Å². The Balaban J connectivity index is 2.38. The molecule has 1 aromatic carbocycles. The van der Waals surface area contributed by atoms with Crippen molar-refractivity contribution in [1.29, 1.82) is 0 Å². The van der Waals surface area contributed by atoms with Crippen LogP contribution in [-0.4, -0.2) is 31.8 Å². The van der Waals surface area contributed by atoms with Crippen molar-refractivity contribution in [1.82, 2.24) is 10.2 Å². The van der Waals surface area contributed by atoms with Crippen LogP contribution >= 0.6 is 0 Å². The third kappa shape index (κ3) is 5.43. The fourth-order valence-corrected chi connectivity index (χ4v) is 2.18. The lowest BCUT2D eigenvalue weighted by atomic mass is 10.2. The molecule has 0 saturated heterocycles. The van der Waals surface area contributed by atoms with Gasteiger partial charge >= 0.3 is 0 Å². The fraction of sp³-hybridized carbons (Fsp3) is 0.300. The second-order valence-electron chi connectivity index (χ2n) is 3.42. The van der Waals surface area contributed by atoms with E-state index in [9.17, 15) is 13.2 Å². The van der Waals surface area contributed by atoms with Crippen LogP contribution in [0.3, 0.4) is 0 Å². The first-order valence-electron chi connectivity index (χ1n) is 4.98. The summed E-state index contributed by atoms with van der Waals surface area (Å²) >= 11 is 0. The highest BCUT2D eigenvalue weighted by Crippen LogP contribution is 1.98. The van der Waals surface area contributed by atoms with E-state index in [0.29, 0.717) is 6.42 Å². The monoisotopic (exact) mass is 258 g/mol. The number of sulfonamides is 1. The number of nitrogens with one attached hydrogen (secondary N) is 2. The molecule has 0 spiro atoms. The first kappa shape index (κ1) is 13.6. The Labute approximate surface area is 99.7 Å². The molecule has 0 aliphatic heterocycles. The highest BCUT2D eigenvalue weighted by molar-refractivity contribution is 7.90. The van der Waals surface area contributed by atoms with Crippen LogP contribution in [-0.2, 0) is 21.2 Å². The molecule has 0 saturated carbocycles. The standard InChI is InChI=1S/C10H14N2O4S/c13-10(12-14)8-17(15,16)11-7-6-9-4-2-1-3-5-9/h1-5,11,14H,6-8H2,(H,12,13). The van der Waals surface area contributed by atoms with Crippen molar-refractivity contribution in [2.24, 2.45) is 0 Å². The molecule has 0 atom stereocenters. The topological polar surface area (TPSA) is 95.5 Å². The number of benzene rings is 1. The second-order valence-corrected chi connectivity index (χ2v) is 5.23. The molecule has 0 fully saturated rings. The van der Waals surface area contributed by atoms with Crippen molar-refractivity contribution < 1.29 is 18.4 Å². The molecule has 7 heteroatoms. The molecule has 3 N–H and O–H groups in total. The SMILES string of the molecule is O=C(CS(=O)(=O)NCCc1ccccc1)NO. The van der Waals surface area contributed by atoms with Gasteiger partial charge in [-0.2, -0.15) is 0 Å². The van der Waals surface area contributed by atoms with E-state index in [1.807, 2.05) is 30.3 Å². The summed E-state index contributed by atoms with van der Waals surface area (Å²) in [7, 11) is -3.69. The molecule has 0 unspecified atom stereocenters. The highest BCUT2D eigenvalue weighted by Gasteiger charge is 2.14. The molecule has 0 aliphatic carbocycles. The third-order valence-corrected chi connectivity index (χ3v) is 3.31. The Kier molecular flexibility index (Phi) is 5.08. The van der Waals surface area contributed by atoms with Gasteiger partial charge in [-0.25, -0.2) is 18.6 Å². The number of amides is 1. The maximum absolute atomic E-state index is 11.3. The number of hydrogen-bond donors (Lipinski definition) is 3. The Bertz CT molecular complexity index is 458. The number of carbonyl (C=O) groups excluding carboxylic acids is 1. The molecule has 0 bridgehead atoms. The Hall–Kier alpha value is -1.44. The van der Waals surface area contributed by atoms with Crippen molar-refractivity contribution >= 4 is 15.9 Å². The summed E-state index contributed by atoms with van der Waals surface area (Å²) < 4.78 is 24.9. The molecule has 0 heterocycles. The largest absolute Gasteiger partial charge is 0.289 e. The van der Waals surface area contributed by atoms with Gasteiger partial charge in [0.25, 0.3) is 5.91 Å². The molecular formula is C10H14N2O4S. The normalized spacial score (nSPS) is 11.1. The summed E-state index contributed by atoms with van der Waals surface area (Å²) in [5.41, 5.74) is 2.27. The Morgan fingerprint density at radius 1 is 1.24 bits per heavy atom. The lowest BCUT2D eigenvalue weighted by Gasteiger charge is -2.05. The van der Waals surface area contributed by atoms with Gasteiger partial charge in [0.05, 0.1) is 0 Å². The quantitative estimate of drug-likeness (QED) is 0.480. The molecule has 1 amide bonds. The maximum Gasteiger partial charge on any atom is 0.259 e. The zero-order chi connectivity index (χ0) is 12.7. The van der Waals surface area contributed by atoms with Crippen molar-refractivity contribution in [2.75, 3.05) is 12.3 Å². The van der Waals surface area contributed by atoms with E-state index >= 15 is 0 Å². The van der Waals surface area contributed by atoms with Crippen LogP contribution in [0.4, 0.5) is 0 Å². The summed E-state index contributed by atoms with van der Waals surface area (Å²) in [4.78, 5) is 10.7. The maximum atomic E-state index is 11.3. The first-order valence-corrected chi connectivity index (χ1v) is 6.63. The fourth-order valence-electron chi connectivity index (χ4n) is 1.25. The summed E-state index contributed by atoms with van der Waals surface area (Å²) in [6.45, 7) is 0.213. The van der Waals surface area contributed by atoms with Gasteiger partial charge in [0.1, 0.15) is 5.75 Å². The lowest BCUT2D eigenvalue weighted by molar-refractivity contribution is -0.126. The van der Waals surface area contributed by atoms with Crippen LogP contribution in [0.15, 0.2) is 30.3 Å². The second kappa shape index (κ2) is 6.33. The number of carbonyl (C=O) groups is 1. The number of rotatable bonds is 6. The lowest BCUT2D eigenvalue weighted by Crippen LogP contribution is -2.35. The molecule has 6 nitrogen and oxygen atoms in total. The molecule has 0 radical (unpaired) electrons. The Morgan fingerprint density at radius 2 is 1.88 bits per heavy atom. The van der Waals surface area contributed by atoms with Gasteiger partial charge in [0, 0.05) is 6.54 Å². The minimum Gasteiger partial charge on any atom is -0.289 e. The molecule has 0 aliphatic rings. The van der Waals surface area contributed by atoms with Gasteiger partial charge in [-0.05, 0) is 12.0 Å². The van der Waals surface area contributed by atoms with Gasteiger partial charge < -0.3 is 0 Å². The van der Waals surface area contributed by atoms with Gasteiger partial charge in [-0.1, -0.05) is 30.3 Å². The minimum atomic E-state index is -3.69. The van der Waals surface area contributed by atoms with E-state index in [4.69, 9.17) is 5.21 Å². The minimum absolute atomic E-state index is 0.213. The van der Waals surface area contributed by atoms with Crippen molar-refractivity contribution in [3.8, 4) is 0 Å². The van der Waals surface area contributed by atoms with E-state index < -0.39 is 21.7 Å². The molecule has 94 valence electrons. The van der Waals surface area contributed by atoms with Crippen LogP contribution < -0.4 is 10.2 Å². The van der Waals surface area contributed by atoms with Gasteiger partial charge in [0.15, 0.2) is 0 Å². The van der Waals surface area contributed by atoms with E-state index in [0.717, 1.165) is 5.56 Å². The average molecular weight is 258 g/mol. The van der Waals surface area contributed by atoms with Crippen molar-refractivity contribution in [3.05, 3.63) is 35.9 Å². The smallest absolute Gasteiger partial charge is 0.259 e. The average Bonchev–Trinajstić information content (AvgIpc) is 2.29. The zero-order valence-electron chi connectivity index (χ0n) is 9.09. The summed E-state index contributed by atoms with van der Waals surface area (Å²) in [6.07, 6.45) is 0.542. The van der Waals surface area contributed by atoms with Gasteiger partial charge in [-0.3, -0.25) is 10.0 Å². The van der Waals surface area contributed by atoms with E-state index in [1.54, 1.807) is 0 Å². The van der Waals surface area contributed by atoms with Gasteiger partial charge in [-0.15, -0.1) is 0 Å². The van der Waals surface area contributed by atoms with Gasteiger partial charge in [0.2, 0.25) is 10.0 Å². The molecule has 0 aromatic heterocycles. The zero-order valence-corrected chi connectivity index (χ0v) is 9.90. The predicted octanol–water partition coefficient (Wildman–Crippen LogP) is -0.346. The Morgan fingerprint density at radius 3 is 2.47 bits per heavy atom. The first-order chi connectivity index (χ1) is 8.03.